The van der Waals surface area contributed by atoms with Crippen molar-refractivity contribution in [2.45, 2.75) is 32.4 Å². The molecular formula is C14H17N3O2. The Hall–Kier alpha value is -2.04. The van der Waals surface area contributed by atoms with E-state index in [0.717, 1.165) is 24.9 Å². The number of rotatable bonds is 2. The average Bonchev–Trinajstić information content (AvgIpc) is 2.95. The molecule has 5 heteroatoms. The summed E-state index contributed by atoms with van der Waals surface area (Å²) in [4.78, 5) is 26.2. The van der Waals surface area contributed by atoms with Crippen molar-refractivity contribution in [3.8, 4) is 0 Å². The van der Waals surface area contributed by atoms with Gasteiger partial charge in [-0.3, -0.25) is 14.7 Å². The van der Waals surface area contributed by atoms with Crippen LogP contribution in [0.25, 0.3) is 10.9 Å². The van der Waals surface area contributed by atoms with E-state index in [1.54, 1.807) is 6.07 Å². The topological polar surface area (TPSA) is 58.1 Å². The molecule has 1 aromatic heterocycles. The lowest BCUT2D eigenvalue weighted by atomic mass is 10.2. The summed E-state index contributed by atoms with van der Waals surface area (Å²) in [5.74, 6) is 0.0126. The number of nitrogens with one attached hydrogen (secondary N) is 1. The molecule has 1 N–H and O–H groups in total. The first-order valence-corrected chi connectivity index (χ1v) is 6.64. The van der Waals surface area contributed by atoms with Crippen LogP contribution in [0.2, 0.25) is 0 Å². The summed E-state index contributed by atoms with van der Waals surface area (Å²) in [6.07, 6.45) is 2.10. The van der Waals surface area contributed by atoms with Crippen molar-refractivity contribution in [2.24, 2.45) is 0 Å². The van der Waals surface area contributed by atoms with Gasteiger partial charge in [-0.05, 0) is 31.9 Å². The van der Waals surface area contributed by atoms with Gasteiger partial charge in [0.25, 0.3) is 5.56 Å². The number of H-pyrrole nitrogens is 1. The molecule has 2 aromatic rings. The normalized spacial score (nSPS) is 19.2. The number of fused-ring (bicyclic) bond motifs is 1. The van der Waals surface area contributed by atoms with Gasteiger partial charge in [-0.2, -0.15) is 0 Å². The van der Waals surface area contributed by atoms with E-state index in [4.69, 9.17) is 0 Å². The fourth-order valence-corrected chi connectivity index (χ4v) is 2.75. The Kier molecular flexibility index (Phi) is 2.89. The fourth-order valence-electron chi connectivity index (χ4n) is 2.75. The molecule has 0 unspecified atom stereocenters. The molecule has 19 heavy (non-hydrogen) atoms. The lowest BCUT2D eigenvalue weighted by Gasteiger charge is -2.21. The van der Waals surface area contributed by atoms with Gasteiger partial charge in [0.15, 0.2) is 0 Å². The van der Waals surface area contributed by atoms with E-state index in [0.29, 0.717) is 5.39 Å². The van der Waals surface area contributed by atoms with Crippen LogP contribution >= 0.6 is 0 Å². The second-order valence-electron chi connectivity index (χ2n) is 5.13. The highest BCUT2D eigenvalue weighted by Gasteiger charge is 2.25. The van der Waals surface area contributed by atoms with Crippen LogP contribution in [-0.4, -0.2) is 33.2 Å². The van der Waals surface area contributed by atoms with E-state index in [1.165, 1.54) is 4.68 Å². The number of aromatic nitrogens is 2. The van der Waals surface area contributed by atoms with Gasteiger partial charge in [0.1, 0.15) is 6.54 Å². The van der Waals surface area contributed by atoms with Gasteiger partial charge in [-0.15, -0.1) is 0 Å². The first kappa shape index (κ1) is 12.0. The van der Waals surface area contributed by atoms with E-state index < -0.39 is 0 Å². The van der Waals surface area contributed by atoms with Crippen molar-refractivity contribution in [3.63, 3.8) is 0 Å². The lowest BCUT2D eigenvalue weighted by Crippen LogP contribution is -2.38. The highest BCUT2D eigenvalue weighted by atomic mass is 16.2. The number of hydrogen-bond donors (Lipinski definition) is 1. The Morgan fingerprint density at radius 1 is 1.42 bits per heavy atom. The summed E-state index contributed by atoms with van der Waals surface area (Å²) >= 11 is 0. The number of aromatic amines is 1. The van der Waals surface area contributed by atoms with Crippen molar-refractivity contribution in [1.29, 1.82) is 0 Å². The van der Waals surface area contributed by atoms with Crippen LogP contribution in [0.4, 0.5) is 0 Å². The molecule has 0 radical (unpaired) electrons. The summed E-state index contributed by atoms with van der Waals surface area (Å²) in [5.41, 5.74) is 0.644. The molecule has 3 rings (SSSR count). The van der Waals surface area contributed by atoms with Gasteiger partial charge < -0.3 is 4.90 Å². The van der Waals surface area contributed by atoms with Gasteiger partial charge in [0, 0.05) is 12.6 Å². The molecule has 1 atom stereocenters. The summed E-state index contributed by atoms with van der Waals surface area (Å²) in [7, 11) is 0. The standard InChI is InChI=1S/C14H17N3O2/c1-10-5-4-8-16(10)13(18)9-17-14(19)11-6-2-3-7-12(11)15-17/h2-3,6-7,10,15H,4-5,8-9H2,1H3/t10-/m0/s1. The summed E-state index contributed by atoms with van der Waals surface area (Å²) in [6.45, 7) is 2.95. The molecule has 1 saturated heterocycles. The zero-order valence-electron chi connectivity index (χ0n) is 10.9. The third-order valence-electron chi connectivity index (χ3n) is 3.82. The van der Waals surface area contributed by atoms with Crippen LogP contribution in [0.3, 0.4) is 0 Å². The third-order valence-corrected chi connectivity index (χ3v) is 3.82. The fraction of sp³-hybridized carbons (Fsp3) is 0.429. The largest absolute Gasteiger partial charge is 0.338 e. The van der Waals surface area contributed by atoms with Crippen molar-refractivity contribution in [3.05, 3.63) is 34.6 Å². The Morgan fingerprint density at radius 2 is 2.21 bits per heavy atom. The molecule has 1 aliphatic rings. The first-order chi connectivity index (χ1) is 9.16. The minimum absolute atomic E-state index is 0.0126. The first-order valence-electron chi connectivity index (χ1n) is 6.64. The molecule has 5 nitrogen and oxygen atoms in total. The molecule has 0 aliphatic carbocycles. The molecule has 1 aliphatic heterocycles. The summed E-state index contributed by atoms with van der Waals surface area (Å²) in [6, 6.07) is 7.59. The van der Waals surface area contributed by atoms with Gasteiger partial charge in [0.05, 0.1) is 10.9 Å². The van der Waals surface area contributed by atoms with Gasteiger partial charge in [-0.25, -0.2) is 4.68 Å². The van der Waals surface area contributed by atoms with Crippen molar-refractivity contribution < 1.29 is 4.79 Å². The molecule has 1 fully saturated rings. The number of hydrogen-bond acceptors (Lipinski definition) is 2. The highest BCUT2D eigenvalue weighted by molar-refractivity contribution is 5.80. The monoisotopic (exact) mass is 259 g/mol. The highest BCUT2D eigenvalue weighted by Crippen LogP contribution is 2.16. The predicted molar refractivity (Wildman–Crippen MR) is 73.0 cm³/mol. The average molecular weight is 259 g/mol. The number of carbonyl (C=O) groups is 1. The van der Waals surface area contributed by atoms with Crippen LogP contribution < -0.4 is 5.56 Å². The number of amides is 1. The molecule has 1 amide bonds. The molecule has 100 valence electrons. The van der Waals surface area contributed by atoms with E-state index in [1.807, 2.05) is 23.1 Å². The summed E-state index contributed by atoms with van der Waals surface area (Å²) in [5, 5.41) is 3.62. The van der Waals surface area contributed by atoms with Crippen LogP contribution in [0, 0.1) is 0 Å². The smallest absolute Gasteiger partial charge is 0.274 e. The Labute approximate surface area is 110 Å². The number of carbonyl (C=O) groups excluding carboxylic acids is 1. The van der Waals surface area contributed by atoms with Crippen LogP contribution in [0.5, 0.6) is 0 Å². The number of para-hydroxylation sites is 1. The molecule has 0 spiro atoms. The van der Waals surface area contributed by atoms with Crippen molar-refractivity contribution in [2.75, 3.05) is 6.54 Å². The molecule has 2 heterocycles. The number of nitrogens with zero attached hydrogens (tertiary/aromatic N) is 2. The van der Waals surface area contributed by atoms with Gasteiger partial charge in [-0.1, -0.05) is 12.1 Å². The minimum Gasteiger partial charge on any atom is -0.338 e. The molecule has 0 bridgehead atoms. The maximum absolute atomic E-state index is 12.2. The van der Waals surface area contributed by atoms with E-state index in [2.05, 4.69) is 12.0 Å². The maximum atomic E-state index is 12.2. The van der Waals surface area contributed by atoms with Gasteiger partial charge in [0.2, 0.25) is 5.91 Å². The lowest BCUT2D eigenvalue weighted by molar-refractivity contribution is -0.132. The Bertz CT molecular complexity index is 671. The maximum Gasteiger partial charge on any atom is 0.274 e. The third kappa shape index (κ3) is 2.05. The molecular weight excluding hydrogens is 242 g/mol. The second-order valence-corrected chi connectivity index (χ2v) is 5.13. The molecule has 1 aromatic carbocycles. The second kappa shape index (κ2) is 4.57. The van der Waals surface area contributed by atoms with E-state index >= 15 is 0 Å². The van der Waals surface area contributed by atoms with E-state index in [-0.39, 0.29) is 24.1 Å². The Balaban J connectivity index is 1.87. The van der Waals surface area contributed by atoms with Crippen LogP contribution in [-0.2, 0) is 11.3 Å². The van der Waals surface area contributed by atoms with Gasteiger partial charge >= 0.3 is 0 Å². The molecule has 0 saturated carbocycles. The number of likely N-dealkylation sites (tertiary alicyclic amines) is 1. The van der Waals surface area contributed by atoms with Crippen LogP contribution in [0.1, 0.15) is 19.8 Å². The minimum atomic E-state index is -0.129. The zero-order valence-corrected chi connectivity index (χ0v) is 10.9. The van der Waals surface area contributed by atoms with Crippen molar-refractivity contribution >= 4 is 16.8 Å². The predicted octanol–water partition coefficient (Wildman–Crippen LogP) is 1.34. The quantitative estimate of drug-likeness (QED) is 0.884. The zero-order chi connectivity index (χ0) is 13.4. The van der Waals surface area contributed by atoms with Crippen LogP contribution in [0.15, 0.2) is 29.1 Å². The van der Waals surface area contributed by atoms with E-state index in [9.17, 15) is 9.59 Å². The summed E-state index contributed by atoms with van der Waals surface area (Å²) < 4.78 is 1.40. The number of benzene rings is 1. The SMILES string of the molecule is C[C@H]1CCCN1C(=O)Cn1[nH]c2ccccc2c1=O. The Morgan fingerprint density at radius 3 is 2.89 bits per heavy atom. The van der Waals surface area contributed by atoms with Crippen molar-refractivity contribution in [1.82, 2.24) is 14.7 Å².